The zero-order valence-corrected chi connectivity index (χ0v) is 17.0. The van der Waals surface area contributed by atoms with Crippen molar-refractivity contribution in [3.8, 4) is 5.75 Å². The fourth-order valence-corrected chi connectivity index (χ4v) is 2.52. The van der Waals surface area contributed by atoms with Crippen molar-refractivity contribution in [1.29, 1.82) is 0 Å². The topological polar surface area (TPSA) is 64.6 Å². The smallest absolute Gasteiger partial charge is 0.344 e. The molecule has 7 heteroatoms. The number of halogens is 2. The van der Waals surface area contributed by atoms with Crippen LogP contribution in [0.4, 0.5) is 10.1 Å². The van der Waals surface area contributed by atoms with E-state index in [1.165, 1.54) is 13.0 Å². The Balaban J connectivity index is 1.84. The van der Waals surface area contributed by atoms with Crippen LogP contribution in [0.2, 0.25) is 5.02 Å². The first-order valence-electron chi connectivity index (χ1n) is 8.75. The molecule has 2 aromatic carbocycles. The lowest BCUT2D eigenvalue weighted by Gasteiger charge is -2.19. The van der Waals surface area contributed by atoms with E-state index in [-0.39, 0.29) is 22.7 Å². The highest BCUT2D eigenvalue weighted by atomic mass is 35.5. The summed E-state index contributed by atoms with van der Waals surface area (Å²) in [5.41, 5.74) is 1.39. The van der Waals surface area contributed by atoms with Crippen LogP contribution in [-0.4, -0.2) is 24.6 Å². The van der Waals surface area contributed by atoms with Crippen molar-refractivity contribution >= 4 is 29.2 Å². The zero-order chi connectivity index (χ0) is 20.9. The summed E-state index contributed by atoms with van der Waals surface area (Å²) in [6.07, 6.45) is -1.07. The van der Waals surface area contributed by atoms with Gasteiger partial charge in [0.05, 0.1) is 10.7 Å². The van der Waals surface area contributed by atoms with Crippen LogP contribution in [0, 0.1) is 5.82 Å². The predicted molar refractivity (Wildman–Crippen MR) is 106 cm³/mol. The monoisotopic (exact) mass is 407 g/mol. The third kappa shape index (κ3) is 6.23. The van der Waals surface area contributed by atoms with Gasteiger partial charge in [0.25, 0.3) is 5.91 Å². The molecule has 0 aliphatic heterocycles. The van der Waals surface area contributed by atoms with E-state index in [2.05, 4.69) is 26.1 Å². The molecule has 0 spiro atoms. The third-order valence-corrected chi connectivity index (χ3v) is 4.26. The summed E-state index contributed by atoms with van der Waals surface area (Å²) in [5.74, 6) is -1.26. The third-order valence-electron chi connectivity index (χ3n) is 3.94. The molecule has 0 bridgehead atoms. The van der Waals surface area contributed by atoms with Gasteiger partial charge in [-0.15, -0.1) is 0 Å². The van der Waals surface area contributed by atoms with Crippen LogP contribution in [0.15, 0.2) is 42.5 Å². The zero-order valence-electron chi connectivity index (χ0n) is 16.2. The second-order valence-electron chi connectivity index (χ2n) is 7.31. The molecule has 1 amide bonds. The van der Waals surface area contributed by atoms with Gasteiger partial charge in [-0.25, -0.2) is 9.18 Å². The van der Waals surface area contributed by atoms with Gasteiger partial charge in [-0.05, 0) is 48.2 Å². The number of carbonyl (C=O) groups excluding carboxylic acids is 2. The predicted octanol–water partition coefficient (Wildman–Crippen LogP) is 4.73. The van der Waals surface area contributed by atoms with E-state index in [9.17, 15) is 14.0 Å². The Bertz CT molecular complexity index is 846. The quantitative estimate of drug-likeness (QED) is 0.703. The first-order chi connectivity index (χ1) is 13.1. The summed E-state index contributed by atoms with van der Waals surface area (Å²) in [6, 6.07) is 11.0. The molecule has 0 aliphatic carbocycles. The van der Waals surface area contributed by atoms with Gasteiger partial charge < -0.3 is 14.8 Å². The van der Waals surface area contributed by atoms with Crippen LogP contribution < -0.4 is 10.1 Å². The summed E-state index contributed by atoms with van der Waals surface area (Å²) >= 11 is 5.86. The van der Waals surface area contributed by atoms with Gasteiger partial charge in [0.1, 0.15) is 11.6 Å². The second kappa shape index (κ2) is 9.06. The van der Waals surface area contributed by atoms with Crippen LogP contribution in [0.1, 0.15) is 33.3 Å². The summed E-state index contributed by atoms with van der Waals surface area (Å²) in [7, 11) is 0. The van der Waals surface area contributed by atoms with E-state index in [1.807, 2.05) is 12.1 Å². The Morgan fingerprint density at radius 1 is 1.14 bits per heavy atom. The number of anilines is 1. The van der Waals surface area contributed by atoms with E-state index in [1.54, 1.807) is 12.1 Å². The second-order valence-corrected chi connectivity index (χ2v) is 7.72. The largest absolute Gasteiger partial charge is 0.482 e. The van der Waals surface area contributed by atoms with Crippen LogP contribution in [0.5, 0.6) is 5.75 Å². The lowest BCUT2D eigenvalue weighted by molar-refractivity contribution is -0.155. The van der Waals surface area contributed by atoms with Gasteiger partial charge in [0.2, 0.25) is 0 Å². The molecule has 0 aromatic heterocycles. The van der Waals surface area contributed by atoms with Gasteiger partial charge in [-0.3, -0.25) is 4.79 Å². The summed E-state index contributed by atoms with van der Waals surface area (Å²) < 4.78 is 23.5. The highest BCUT2D eigenvalue weighted by Crippen LogP contribution is 2.24. The van der Waals surface area contributed by atoms with Gasteiger partial charge >= 0.3 is 5.97 Å². The Morgan fingerprint density at radius 2 is 1.79 bits per heavy atom. The van der Waals surface area contributed by atoms with Gasteiger partial charge in [0, 0.05) is 0 Å². The minimum atomic E-state index is -1.07. The normalized spacial score (nSPS) is 12.2. The molecular weight excluding hydrogens is 385 g/mol. The first-order valence-corrected chi connectivity index (χ1v) is 9.13. The highest BCUT2D eigenvalue weighted by molar-refractivity contribution is 6.33. The van der Waals surface area contributed by atoms with Crippen molar-refractivity contribution in [3.05, 3.63) is 58.9 Å². The molecule has 2 rings (SSSR count). The molecule has 1 atom stereocenters. The number of hydrogen-bond acceptors (Lipinski definition) is 4. The first kappa shape index (κ1) is 21.7. The minimum Gasteiger partial charge on any atom is -0.482 e. The molecule has 5 nitrogen and oxygen atoms in total. The Hall–Kier alpha value is -2.60. The maximum Gasteiger partial charge on any atom is 0.344 e. The average Bonchev–Trinajstić information content (AvgIpc) is 2.61. The van der Waals surface area contributed by atoms with E-state index < -0.39 is 23.8 Å². The maximum absolute atomic E-state index is 13.0. The average molecular weight is 408 g/mol. The number of carbonyl (C=O) groups is 2. The van der Waals surface area contributed by atoms with Gasteiger partial charge in [0.15, 0.2) is 12.7 Å². The number of hydrogen-bond donors (Lipinski definition) is 1. The molecule has 1 N–H and O–H groups in total. The molecule has 0 heterocycles. The molecule has 0 aliphatic rings. The van der Waals surface area contributed by atoms with Gasteiger partial charge in [-0.2, -0.15) is 0 Å². The Labute approximate surface area is 168 Å². The molecule has 0 fully saturated rings. The number of amides is 1. The molecule has 0 radical (unpaired) electrons. The molecule has 28 heavy (non-hydrogen) atoms. The fraction of sp³-hybridized carbons (Fsp3) is 0.333. The maximum atomic E-state index is 13.0. The van der Waals surface area contributed by atoms with E-state index in [4.69, 9.17) is 21.1 Å². The molecule has 0 saturated heterocycles. The summed E-state index contributed by atoms with van der Waals surface area (Å²) in [6.45, 7) is 7.40. The number of rotatable bonds is 6. The van der Waals surface area contributed by atoms with E-state index >= 15 is 0 Å². The van der Waals surface area contributed by atoms with Crippen LogP contribution >= 0.6 is 11.6 Å². The van der Waals surface area contributed by atoms with E-state index in [0.717, 1.165) is 17.7 Å². The van der Waals surface area contributed by atoms with Crippen LogP contribution in [0.3, 0.4) is 0 Å². The van der Waals surface area contributed by atoms with Crippen molar-refractivity contribution in [2.45, 2.75) is 39.2 Å². The lowest BCUT2D eigenvalue weighted by atomic mass is 9.87. The number of benzene rings is 2. The van der Waals surface area contributed by atoms with Crippen molar-refractivity contribution in [2.24, 2.45) is 0 Å². The molecule has 0 unspecified atom stereocenters. The minimum absolute atomic E-state index is 0.0215. The molecule has 2 aromatic rings. The number of esters is 1. The van der Waals surface area contributed by atoms with Crippen LogP contribution in [-0.2, 0) is 19.7 Å². The fourth-order valence-electron chi connectivity index (χ4n) is 2.30. The Kier molecular flexibility index (Phi) is 7.02. The molecule has 0 saturated carbocycles. The number of nitrogens with one attached hydrogen (secondary N) is 1. The van der Waals surface area contributed by atoms with Crippen molar-refractivity contribution in [1.82, 2.24) is 0 Å². The van der Waals surface area contributed by atoms with Crippen molar-refractivity contribution in [3.63, 3.8) is 0 Å². The summed E-state index contributed by atoms with van der Waals surface area (Å²) in [5, 5.41) is 2.53. The van der Waals surface area contributed by atoms with Crippen LogP contribution in [0.25, 0.3) is 0 Å². The highest BCUT2D eigenvalue weighted by Gasteiger charge is 2.19. The standard InChI is InChI=1S/C21H23ClFNO4/c1-13(20(26)24-18-10-7-15(23)11-17(18)22)28-19(25)12-27-16-8-5-14(6-9-16)21(2,3)4/h5-11,13H,12H2,1-4H3,(H,24,26)/t13-/m0/s1. The lowest BCUT2D eigenvalue weighted by Crippen LogP contribution is -2.31. The van der Waals surface area contributed by atoms with Crippen molar-refractivity contribution < 1.29 is 23.5 Å². The van der Waals surface area contributed by atoms with E-state index in [0.29, 0.717) is 5.75 Å². The van der Waals surface area contributed by atoms with Crippen molar-refractivity contribution in [2.75, 3.05) is 11.9 Å². The Morgan fingerprint density at radius 3 is 2.36 bits per heavy atom. The molecule has 150 valence electrons. The SMILES string of the molecule is C[C@H](OC(=O)COc1ccc(C(C)(C)C)cc1)C(=O)Nc1ccc(F)cc1Cl. The number of ether oxygens (including phenoxy) is 2. The van der Waals surface area contributed by atoms with Gasteiger partial charge in [-0.1, -0.05) is 44.5 Å². The molecular formula is C21H23ClFNO4. The summed E-state index contributed by atoms with van der Waals surface area (Å²) in [4.78, 5) is 24.0.